The zero-order valence-corrected chi connectivity index (χ0v) is 10.8. The van der Waals surface area contributed by atoms with Gasteiger partial charge in [-0.15, -0.1) is 0 Å². The number of rotatable bonds is 3. The summed E-state index contributed by atoms with van der Waals surface area (Å²) in [4.78, 5) is 14.0. The Kier molecular flexibility index (Phi) is 3.97. The van der Waals surface area contributed by atoms with E-state index in [2.05, 4.69) is 12.2 Å². The van der Waals surface area contributed by atoms with Crippen molar-refractivity contribution in [1.82, 2.24) is 5.32 Å². The minimum Gasteiger partial charge on any atom is -0.316 e. The average molecular weight is 250 g/mol. The number of hydrogen-bond donors (Lipinski definition) is 1. The Hall–Kier alpha value is -1.42. The van der Waals surface area contributed by atoms with Gasteiger partial charge >= 0.3 is 0 Å². The highest BCUT2D eigenvalue weighted by molar-refractivity contribution is 5.95. The highest BCUT2D eigenvalue weighted by Crippen LogP contribution is 2.24. The van der Waals surface area contributed by atoms with E-state index < -0.39 is 0 Å². The smallest absolute Gasteiger partial charge is 0.231 e. The molecule has 3 nitrogen and oxygen atoms in total. The molecule has 0 aromatic heterocycles. The summed E-state index contributed by atoms with van der Waals surface area (Å²) >= 11 is 0. The molecule has 98 valence electrons. The van der Waals surface area contributed by atoms with Crippen LogP contribution >= 0.6 is 0 Å². The summed E-state index contributed by atoms with van der Waals surface area (Å²) in [6.45, 7) is 5.95. The second-order valence-electron chi connectivity index (χ2n) is 4.78. The van der Waals surface area contributed by atoms with Crippen molar-refractivity contribution in [3.05, 3.63) is 30.1 Å². The first kappa shape index (κ1) is 13.0. The second kappa shape index (κ2) is 5.48. The van der Waals surface area contributed by atoms with Crippen LogP contribution in [0.1, 0.15) is 13.8 Å². The van der Waals surface area contributed by atoms with Crippen LogP contribution in [0.25, 0.3) is 0 Å². The van der Waals surface area contributed by atoms with Crippen molar-refractivity contribution >= 4 is 11.6 Å². The summed E-state index contributed by atoms with van der Waals surface area (Å²) in [5.41, 5.74) is 0.379. The maximum absolute atomic E-state index is 13.8. The third-order valence-electron chi connectivity index (χ3n) is 3.56. The Labute approximate surface area is 107 Å². The first-order valence-corrected chi connectivity index (χ1v) is 6.41. The number of nitrogens with one attached hydrogen (secondary N) is 1. The van der Waals surface area contributed by atoms with Crippen molar-refractivity contribution in [2.45, 2.75) is 13.8 Å². The number of para-hydroxylation sites is 1. The van der Waals surface area contributed by atoms with Gasteiger partial charge in [-0.2, -0.15) is 0 Å². The number of carbonyl (C=O) groups is 1. The van der Waals surface area contributed by atoms with Crippen LogP contribution in [-0.2, 0) is 4.79 Å². The van der Waals surface area contributed by atoms with E-state index >= 15 is 0 Å². The van der Waals surface area contributed by atoms with Crippen LogP contribution in [0.3, 0.4) is 0 Å². The zero-order valence-electron chi connectivity index (χ0n) is 10.8. The van der Waals surface area contributed by atoms with E-state index in [1.807, 2.05) is 6.92 Å². The molecule has 0 radical (unpaired) electrons. The first-order chi connectivity index (χ1) is 8.65. The molecule has 4 heteroatoms. The van der Waals surface area contributed by atoms with Crippen molar-refractivity contribution in [3.8, 4) is 0 Å². The van der Waals surface area contributed by atoms with E-state index in [9.17, 15) is 9.18 Å². The lowest BCUT2D eigenvalue weighted by atomic mass is 9.96. The summed E-state index contributed by atoms with van der Waals surface area (Å²) in [6, 6.07) is 6.44. The molecule has 0 aliphatic carbocycles. The third kappa shape index (κ3) is 2.38. The largest absolute Gasteiger partial charge is 0.316 e. The van der Waals surface area contributed by atoms with Crippen molar-refractivity contribution < 1.29 is 9.18 Å². The molecule has 2 unspecified atom stereocenters. The number of carbonyl (C=O) groups excluding carboxylic acids is 1. The monoisotopic (exact) mass is 250 g/mol. The van der Waals surface area contributed by atoms with Crippen LogP contribution in [-0.4, -0.2) is 25.5 Å². The van der Waals surface area contributed by atoms with Crippen molar-refractivity contribution in [2.24, 2.45) is 11.8 Å². The normalized spacial score (nSPS) is 23.1. The number of halogens is 1. The van der Waals surface area contributed by atoms with E-state index in [1.165, 1.54) is 6.07 Å². The quantitative estimate of drug-likeness (QED) is 0.890. The molecule has 1 saturated heterocycles. The van der Waals surface area contributed by atoms with Gasteiger partial charge in [-0.25, -0.2) is 4.39 Å². The average Bonchev–Trinajstić information content (AvgIpc) is 2.78. The van der Waals surface area contributed by atoms with E-state index in [4.69, 9.17) is 0 Å². The summed E-state index contributed by atoms with van der Waals surface area (Å²) in [7, 11) is 0. The van der Waals surface area contributed by atoms with Gasteiger partial charge in [-0.05, 0) is 31.5 Å². The minimum absolute atomic E-state index is 0.0140. The Morgan fingerprint density at radius 1 is 1.44 bits per heavy atom. The maximum atomic E-state index is 13.8. The molecule has 1 amide bonds. The molecule has 0 spiro atoms. The Balaban J connectivity index is 2.23. The fourth-order valence-corrected chi connectivity index (χ4v) is 2.46. The molecule has 1 N–H and O–H groups in total. The highest BCUT2D eigenvalue weighted by Gasteiger charge is 2.33. The molecule has 1 fully saturated rings. The topological polar surface area (TPSA) is 32.3 Å². The van der Waals surface area contributed by atoms with Gasteiger partial charge in [0.25, 0.3) is 0 Å². The van der Waals surface area contributed by atoms with E-state index in [-0.39, 0.29) is 17.6 Å². The molecular weight excluding hydrogens is 231 g/mol. The van der Waals surface area contributed by atoms with Gasteiger partial charge in [-0.1, -0.05) is 19.1 Å². The van der Waals surface area contributed by atoms with Gasteiger partial charge < -0.3 is 10.2 Å². The Morgan fingerprint density at radius 3 is 2.72 bits per heavy atom. The van der Waals surface area contributed by atoms with E-state index in [0.717, 1.165) is 6.54 Å². The number of nitrogens with zero attached hydrogens (tertiary/aromatic N) is 1. The predicted octanol–water partition coefficient (Wildman–Crippen LogP) is 2.03. The lowest BCUT2D eigenvalue weighted by molar-refractivity contribution is -0.122. The van der Waals surface area contributed by atoms with Gasteiger partial charge in [0.15, 0.2) is 0 Å². The molecule has 18 heavy (non-hydrogen) atoms. The Morgan fingerprint density at radius 2 is 2.17 bits per heavy atom. The summed E-state index contributed by atoms with van der Waals surface area (Å²) in [5, 5.41) is 3.21. The van der Waals surface area contributed by atoms with Crippen molar-refractivity contribution in [1.29, 1.82) is 0 Å². The van der Waals surface area contributed by atoms with Crippen molar-refractivity contribution in [3.63, 3.8) is 0 Å². The summed E-state index contributed by atoms with van der Waals surface area (Å²) in [6.07, 6.45) is 0. The molecule has 1 aliphatic heterocycles. The van der Waals surface area contributed by atoms with Crippen LogP contribution in [0.2, 0.25) is 0 Å². The predicted molar refractivity (Wildman–Crippen MR) is 70.0 cm³/mol. The summed E-state index contributed by atoms with van der Waals surface area (Å²) in [5.74, 6) is -0.0747. The first-order valence-electron chi connectivity index (χ1n) is 6.41. The minimum atomic E-state index is -0.341. The van der Waals surface area contributed by atoms with Crippen LogP contribution in [0.5, 0.6) is 0 Å². The highest BCUT2D eigenvalue weighted by atomic mass is 19.1. The fraction of sp³-hybridized carbons (Fsp3) is 0.500. The van der Waals surface area contributed by atoms with Gasteiger partial charge in [0.05, 0.1) is 11.6 Å². The van der Waals surface area contributed by atoms with Crippen LogP contribution in [0.4, 0.5) is 10.1 Å². The molecule has 1 heterocycles. The molecule has 1 aromatic carbocycles. The molecule has 2 atom stereocenters. The van der Waals surface area contributed by atoms with Crippen molar-refractivity contribution in [2.75, 3.05) is 24.5 Å². The fourth-order valence-electron chi connectivity index (χ4n) is 2.46. The molecular formula is C14H19FN2O. The second-order valence-corrected chi connectivity index (χ2v) is 4.78. The Bertz CT molecular complexity index is 436. The number of hydrogen-bond acceptors (Lipinski definition) is 2. The van der Waals surface area contributed by atoms with Crippen LogP contribution in [0.15, 0.2) is 24.3 Å². The number of benzene rings is 1. The SMILES string of the molecule is CCN(C(=O)C1CNCC1C)c1ccccc1F. The van der Waals surface area contributed by atoms with E-state index in [1.54, 1.807) is 23.1 Å². The zero-order chi connectivity index (χ0) is 13.1. The van der Waals surface area contributed by atoms with Gasteiger partial charge in [-0.3, -0.25) is 4.79 Å². The molecule has 2 rings (SSSR count). The number of amides is 1. The maximum Gasteiger partial charge on any atom is 0.231 e. The molecule has 0 saturated carbocycles. The van der Waals surface area contributed by atoms with Crippen LogP contribution in [0, 0.1) is 17.7 Å². The lowest BCUT2D eigenvalue weighted by Crippen LogP contribution is -2.39. The lowest BCUT2D eigenvalue weighted by Gasteiger charge is -2.26. The molecule has 1 aliphatic rings. The summed E-state index contributed by atoms with van der Waals surface area (Å²) < 4.78 is 13.8. The van der Waals surface area contributed by atoms with Gasteiger partial charge in [0.2, 0.25) is 5.91 Å². The molecule has 0 bridgehead atoms. The molecule has 1 aromatic rings. The number of anilines is 1. The van der Waals surface area contributed by atoms with Gasteiger partial charge in [0, 0.05) is 13.1 Å². The van der Waals surface area contributed by atoms with Gasteiger partial charge in [0.1, 0.15) is 5.82 Å². The standard InChI is InChI=1S/C14H19FN2O/c1-3-17(13-7-5-4-6-12(13)15)14(18)11-9-16-8-10(11)2/h4-7,10-11,16H,3,8-9H2,1-2H3. The van der Waals surface area contributed by atoms with Crippen LogP contribution < -0.4 is 10.2 Å². The third-order valence-corrected chi connectivity index (χ3v) is 3.56. The van der Waals surface area contributed by atoms with E-state index in [0.29, 0.717) is 24.7 Å².